The predicted octanol–water partition coefficient (Wildman–Crippen LogP) is 2.70. The highest BCUT2D eigenvalue weighted by Crippen LogP contribution is 2.26. The summed E-state index contributed by atoms with van der Waals surface area (Å²) in [6.45, 7) is 0.334. The molecule has 1 unspecified atom stereocenters. The lowest BCUT2D eigenvalue weighted by Crippen LogP contribution is -2.30. The van der Waals surface area contributed by atoms with Crippen LogP contribution >= 0.6 is 11.6 Å². The quantitative estimate of drug-likeness (QED) is 0.662. The summed E-state index contributed by atoms with van der Waals surface area (Å²) in [7, 11) is -3.78. The average molecular weight is 319 g/mol. The number of allylic oxidation sites excluding steroid dienone is 2. The molecule has 20 heavy (non-hydrogen) atoms. The Morgan fingerprint density at radius 3 is 2.80 bits per heavy atom. The SMILES string of the molecule is Nc1cc(S(=O)(=O)NCC2CC=CCC2)c(Cl)cc1F. The van der Waals surface area contributed by atoms with Crippen LogP contribution in [0.25, 0.3) is 0 Å². The number of hydrogen-bond donors (Lipinski definition) is 2. The lowest BCUT2D eigenvalue weighted by molar-refractivity contribution is 0.468. The van der Waals surface area contributed by atoms with Crippen LogP contribution in [0.15, 0.2) is 29.2 Å². The molecule has 3 N–H and O–H groups in total. The second kappa shape index (κ2) is 6.11. The van der Waals surface area contributed by atoms with E-state index in [0.29, 0.717) is 6.54 Å². The van der Waals surface area contributed by atoms with Crippen molar-refractivity contribution < 1.29 is 12.8 Å². The summed E-state index contributed by atoms with van der Waals surface area (Å²) in [5.74, 6) is -0.460. The van der Waals surface area contributed by atoms with Crippen molar-refractivity contribution in [2.24, 2.45) is 5.92 Å². The number of hydrogen-bond acceptors (Lipinski definition) is 3. The van der Waals surface area contributed by atoms with Gasteiger partial charge in [-0.2, -0.15) is 0 Å². The van der Waals surface area contributed by atoms with E-state index in [2.05, 4.69) is 10.8 Å². The van der Waals surface area contributed by atoms with Crippen LogP contribution < -0.4 is 10.5 Å². The van der Waals surface area contributed by atoms with Gasteiger partial charge in [-0.25, -0.2) is 17.5 Å². The Kier molecular flexibility index (Phi) is 4.67. The predicted molar refractivity (Wildman–Crippen MR) is 77.5 cm³/mol. The largest absolute Gasteiger partial charge is 0.396 e. The summed E-state index contributed by atoms with van der Waals surface area (Å²) in [6, 6.07) is 1.95. The molecular weight excluding hydrogens is 303 g/mol. The molecule has 0 aliphatic heterocycles. The van der Waals surface area contributed by atoms with Gasteiger partial charge < -0.3 is 5.73 Å². The van der Waals surface area contributed by atoms with E-state index in [1.54, 1.807) is 0 Å². The number of nitrogen functional groups attached to an aromatic ring is 1. The minimum atomic E-state index is -3.78. The monoisotopic (exact) mass is 318 g/mol. The maximum Gasteiger partial charge on any atom is 0.242 e. The van der Waals surface area contributed by atoms with Crippen LogP contribution in [0, 0.1) is 11.7 Å². The van der Waals surface area contributed by atoms with Crippen LogP contribution in [0.2, 0.25) is 5.02 Å². The summed E-state index contributed by atoms with van der Waals surface area (Å²) in [5.41, 5.74) is 5.15. The summed E-state index contributed by atoms with van der Waals surface area (Å²) < 4.78 is 40.0. The van der Waals surface area contributed by atoms with Crippen LogP contribution in [-0.4, -0.2) is 15.0 Å². The van der Waals surface area contributed by atoms with Gasteiger partial charge in [-0.1, -0.05) is 23.8 Å². The van der Waals surface area contributed by atoms with E-state index in [1.807, 2.05) is 6.08 Å². The second-order valence-electron chi connectivity index (χ2n) is 4.81. The van der Waals surface area contributed by atoms with Crippen molar-refractivity contribution in [2.75, 3.05) is 12.3 Å². The van der Waals surface area contributed by atoms with E-state index in [0.717, 1.165) is 31.4 Å². The summed E-state index contributed by atoms with van der Waals surface area (Å²) in [5, 5.41) is -0.173. The van der Waals surface area contributed by atoms with E-state index in [1.165, 1.54) is 0 Å². The van der Waals surface area contributed by atoms with E-state index >= 15 is 0 Å². The fraction of sp³-hybridized carbons (Fsp3) is 0.385. The molecule has 7 heteroatoms. The molecule has 2 rings (SSSR count). The summed E-state index contributed by atoms with van der Waals surface area (Å²) in [6.07, 6.45) is 6.88. The van der Waals surface area contributed by atoms with Gasteiger partial charge in [-0.3, -0.25) is 0 Å². The van der Waals surface area contributed by atoms with Gasteiger partial charge >= 0.3 is 0 Å². The minimum absolute atomic E-state index is 0.173. The lowest BCUT2D eigenvalue weighted by atomic mass is 9.95. The lowest BCUT2D eigenvalue weighted by Gasteiger charge is -2.18. The first-order valence-electron chi connectivity index (χ1n) is 6.29. The molecule has 1 aromatic carbocycles. The molecule has 0 radical (unpaired) electrons. The molecule has 4 nitrogen and oxygen atoms in total. The zero-order chi connectivity index (χ0) is 14.8. The van der Waals surface area contributed by atoms with Gasteiger partial charge in [0.25, 0.3) is 0 Å². The molecule has 0 saturated heterocycles. The number of halogens is 2. The van der Waals surface area contributed by atoms with Crippen molar-refractivity contribution >= 4 is 27.3 Å². The molecule has 0 saturated carbocycles. The average Bonchev–Trinajstić information content (AvgIpc) is 2.42. The van der Waals surface area contributed by atoms with Crippen LogP contribution in [0.3, 0.4) is 0 Å². The molecule has 110 valence electrons. The van der Waals surface area contributed by atoms with Gasteiger partial charge in [0.05, 0.1) is 10.7 Å². The second-order valence-corrected chi connectivity index (χ2v) is 6.95. The number of anilines is 1. The Morgan fingerprint density at radius 1 is 1.40 bits per heavy atom. The summed E-state index contributed by atoms with van der Waals surface area (Å²) in [4.78, 5) is -0.190. The van der Waals surface area contributed by atoms with Gasteiger partial charge in [0.15, 0.2) is 0 Å². The molecule has 1 aliphatic carbocycles. The van der Waals surface area contributed by atoms with E-state index in [9.17, 15) is 12.8 Å². The smallest absolute Gasteiger partial charge is 0.242 e. The van der Waals surface area contributed by atoms with Gasteiger partial charge in [-0.15, -0.1) is 0 Å². The molecule has 0 fully saturated rings. The standard InChI is InChI=1S/C13H16ClFN2O2S/c14-10-6-11(15)12(16)7-13(10)20(18,19)17-8-9-4-2-1-3-5-9/h1-2,6-7,9,17H,3-5,8,16H2. The Labute approximate surface area is 122 Å². The maximum absolute atomic E-state index is 13.2. The van der Waals surface area contributed by atoms with E-state index < -0.39 is 15.8 Å². The number of benzene rings is 1. The van der Waals surface area contributed by atoms with Crippen molar-refractivity contribution in [1.29, 1.82) is 0 Å². The van der Waals surface area contributed by atoms with E-state index in [4.69, 9.17) is 17.3 Å². The molecule has 0 amide bonds. The van der Waals surface area contributed by atoms with Crippen molar-refractivity contribution in [2.45, 2.75) is 24.2 Å². The highest BCUT2D eigenvalue weighted by molar-refractivity contribution is 7.89. The number of nitrogens with two attached hydrogens (primary N) is 1. The highest BCUT2D eigenvalue weighted by Gasteiger charge is 2.21. The first-order chi connectivity index (χ1) is 9.40. The molecule has 0 heterocycles. The number of rotatable bonds is 4. The third-order valence-electron chi connectivity index (χ3n) is 3.28. The normalized spacial score (nSPS) is 19.2. The fourth-order valence-electron chi connectivity index (χ4n) is 2.10. The zero-order valence-electron chi connectivity index (χ0n) is 10.8. The van der Waals surface area contributed by atoms with Crippen molar-refractivity contribution in [3.63, 3.8) is 0 Å². The van der Waals surface area contributed by atoms with Crippen molar-refractivity contribution in [3.05, 3.63) is 35.1 Å². The third-order valence-corrected chi connectivity index (χ3v) is 5.17. The molecule has 0 spiro atoms. The Morgan fingerprint density at radius 2 is 2.15 bits per heavy atom. The number of nitrogens with one attached hydrogen (secondary N) is 1. The Hall–Kier alpha value is -1.11. The van der Waals surface area contributed by atoms with Gasteiger partial charge in [0, 0.05) is 6.54 Å². The van der Waals surface area contributed by atoms with Crippen molar-refractivity contribution in [1.82, 2.24) is 4.72 Å². The third kappa shape index (κ3) is 3.50. The molecule has 1 aliphatic rings. The summed E-state index contributed by atoms with van der Waals surface area (Å²) >= 11 is 5.78. The maximum atomic E-state index is 13.2. The number of sulfonamides is 1. The zero-order valence-corrected chi connectivity index (χ0v) is 12.3. The van der Waals surface area contributed by atoms with Gasteiger partial charge in [0.1, 0.15) is 10.7 Å². The first-order valence-corrected chi connectivity index (χ1v) is 8.15. The van der Waals surface area contributed by atoms with Crippen LogP contribution in [-0.2, 0) is 10.0 Å². The van der Waals surface area contributed by atoms with Crippen molar-refractivity contribution in [3.8, 4) is 0 Å². The molecule has 1 aromatic rings. The molecule has 0 bridgehead atoms. The molecular formula is C13H16ClFN2O2S. The van der Waals surface area contributed by atoms with Crippen LogP contribution in [0.1, 0.15) is 19.3 Å². The molecule has 1 atom stereocenters. The van der Waals surface area contributed by atoms with Crippen LogP contribution in [0.5, 0.6) is 0 Å². The topological polar surface area (TPSA) is 72.2 Å². The highest BCUT2D eigenvalue weighted by atomic mass is 35.5. The Balaban J connectivity index is 2.14. The first kappa shape index (κ1) is 15.3. The van der Waals surface area contributed by atoms with Crippen LogP contribution in [0.4, 0.5) is 10.1 Å². The fourth-order valence-corrected chi connectivity index (χ4v) is 3.76. The minimum Gasteiger partial charge on any atom is -0.396 e. The van der Waals surface area contributed by atoms with Gasteiger partial charge in [-0.05, 0) is 37.3 Å². The van der Waals surface area contributed by atoms with E-state index in [-0.39, 0.29) is 21.5 Å². The molecule has 0 aromatic heterocycles. The van der Waals surface area contributed by atoms with Gasteiger partial charge in [0.2, 0.25) is 10.0 Å². The Bertz CT molecular complexity index is 632.